The maximum atomic E-state index is 14.0. The highest BCUT2D eigenvalue weighted by atomic mass is 79.9. The van der Waals surface area contributed by atoms with E-state index in [2.05, 4.69) is 31.2 Å². The topological polar surface area (TPSA) is 56.3 Å². The lowest BCUT2D eigenvalue weighted by atomic mass is 10.2. The Morgan fingerprint density at radius 3 is 2.79 bits per heavy atom. The van der Waals surface area contributed by atoms with E-state index in [1.165, 1.54) is 12.4 Å². The van der Waals surface area contributed by atoms with Crippen LogP contribution in [0.4, 0.5) is 15.9 Å². The number of hydrogen-bond acceptors (Lipinski definition) is 5. The molecule has 1 aromatic heterocycles. The van der Waals surface area contributed by atoms with Crippen LogP contribution in [0.3, 0.4) is 0 Å². The number of anilines is 2. The van der Waals surface area contributed by atoms with Crippen molar-refractivity contribution in [1.29, 1.82) is 0 Å². The van der Waals surface area contributed by atoms with Crippen molar-refractivity contribution in [1.82, 2.24) is 9.97 Å². The quantitative estimate of drug-likeness (QED) is 0.634. The first-order valence-corrected chi connectivity index (χ1v) is 8.05. The van der Waals surface area contributed by atoms with Gasteiger partial charge in [-0.2, -0.15) is 0 Å². The number of methoxy groups -OCH3 is 1. The van der Waals surface area contributed by atoms with Crippen molar-refractivity contribution in [2.75, 3.05) is 25.6 Å². The van der Waals surface area contributed by atoms with E-state index in [4.69, 9.17) is 9.47 Å². The van der Waals surface area contributed by atoms with Crippen LogP contribution < -0.4 is 10.1 Å². The second-order valence-corrected chi connectivity index (χ2v) is 5.91. The Kier molecular flexibility index (Phi) is 5.22. The average molecular weight is 392 g/mol. The van der Waals surface area contributed by atoms with Crippen molar-refractivity contribution in [3.63, 3.8) is 0 Å². The normalized spacial score (nSPS) is 10.8. The minimum absolute atomic E-state index is 0.346. The second kappa shape index (κ2) is 7.55. The molecule has 24 heavy (non-hydrogen) atoms. The van der Waals surface area contributed by atoms with E-state index in [1.807, 2.05) is 18.2 Å². The minimum atomic E-state index is -0.365. The number of benzene rings is 2. The van der Waals surface area contributed by atoms with Crippen molar-refractivity contribution in [2.24, 2.45) is 0 Å². The first-order chi connectivity index (χ1) is 11.7. The van der Waals surface area contributed by atoms with Gasteiger partial charge in [0.1, 0.15) is 30.3 Å². The van der Waals surface area contributed by atoms with Crippen LogP contribution in [0.25, 0.3) is 10.9 Å². The summed E-state index contributed by atoms with van der Waals surface area (Å²) < 4.78 is 25.2. The van der Waals surface area contributed by atoms with Gasteiger partial charge < -0.3 is 14.8 Å². The number of rotatable bonds is 6. The Hall–Kier alpha value is -2.25. The Morgan fingerprint density at radius 2 is 2.00 bits per heavy atom. The molecule has 0 amide bonds. The number of ether oxygens (including phenoxy) is 2. The van der Waals surface area contributed by atoms with E-state index in [1.54, 1.807) is 19.2 Å². The standard InChI is InChI=1S/C17H15BrFN3O2/c1-23-6-7-24-12-3-4-13-16(9-12)20-10-21-17(13)22-15-5-2-11(18)8-14(15)19/h2-5,8-10H,6-7H2,1H3,(H,20,21,22). The lowest BCUT2D eigenvalue weighted by Gasteiger charge is -2.11. The minimum Gasteiger partial charge on any atom is -0.491 e. The van der Waals surface area contributed by atoms with E-state index < -0.39 is 0 Å². The van der Waals surface area contributed by atoms with Crippen molar-refractivity contribution in [3.05, 3.63) is 53.0 Å². The van der Waals surface area contributed by atoms with Crippen LogP contribution in [0.15, 0.2) is 47.2 Å². The SMILES string of the molecule is COCCOc1ccc2c(Nc3ccc(Br)cc3F)ncnc2c1. The first kappa shape index (κ1) is 16.6. The molecule has 7 heteroatoms. The van der Waals surface area contributed by atoms with E-state index in [0.29, 0.717) is 40.5 Å². The molecule has 0 aliphatic heterocycles. The zero-order valence-electron chi connectivity index (χ0n) is 12.9. The molecule has 0 saturated carbocycles. The number of nitrogens with one attached hydrogen (secondary N) is 1. The molecule has 0 saturated heterocycles. The summed E-state index contributed by atoms with van der Waals surface area (Å²) in [7, 11) is 1.62. The maximum Gasteiger partial charge on any atom is 0.147 e. The Labute approximate surface area is 147 Å². The van der Waals surface area contributed by atoms with Gasteiger partial charge in [-0.05, 0) is 30.3 Å². The summed E-state index contributed by atoms with van der Waals surface area (Å²) in [5, 5.41) is 3.78. The smallest absolute Gasteiger partial charge is 0.147 e. The number of hydrogen-bond donors (Lipinski definition) is 1. The van der Waals surface area contributed by atoms with Crippen molar-refractivity contribution >= 4 is 38.3 Å². The van der Waals surface area contributed by atoms with Gasteiger partial charge in [-0.25, -0.2) is 14.4 Å². The first-order valence-electron chi connectivity index (χ1n) is 7.26. The van der Waals surface area contributed by atoms with Gasteiger partial charge >= 0.3 is 0 Å². The largest absolute Gasteiger partial charge is 0.491 e. The second-order valence-electron chi connectivity index (χ2n) is 4.99. The summed E-state index contributed by atoms with van der Waals surface area (Å²) in [5.41, 5.74) is 1.05. The summed E-state index contributed by atoms with van der Waals surface area (Å²) >= 11 is 3.24. The third-order valence-electron chi connectivity index (χ3n) is 3.35. The summed E-state index contributed by atoms with van der Waals surface area (Å²) in [6.07, 6.45) is 1.43. The van der Waals surface area contributed by atoms with Crippen LogP contribution in [-0.2, 0) is 4.74 Å². The number of fused-ring (bicyclic) bond motifs is 1. The van der Waals surface area contributed by atoms with Gasteiger partial charge in [0.15, 0.2) is 0 Å². The molecule has 0 radical (unpaired) electrons. The van der Waals surface area contributed by atoms with Gasteiger partial charge in [0, 0.05) is 23.0 Å². The fraction of sp³-hybridized carbons (Fsp3) is 0.176. The van der Waals surface area contributed by atoms with Gasteiger partial charge in [-0.15, -0.1) is 0 Å². The van der Waals surface area contributed by atoms with Crippen molar-refractivity contribution in [3.8, 4) is 5.75 Å². The Morgan fingerprint density at radius 1 is 1.12 bits per heavy atom. The Bertz CT molecular complexity index is 860. The maximum absolute atomic E-state index is 14.0. The summed E-state index contributed by atoms with van der Waals surface area (Å²) in [4.78, 5) is 8.45. The highest BCUT2D eigenvalue weighted by molar-refractivity contribution is 9.10. The molecule has 1 heterocycles. The van der Waals surface area contributed by atoms with Gasteiger partial charge in [0.2, 0.25) is 0 Å². The summed E-state index contributed by atoms with van der Waals surface area (Å²) in [6.45, 7) is 0.972. The number of halogens is 2. The monoisotopic (exact) mass is 391 g/mol. The number of nitrogens with zero attached hydrogens (tertiary/aromatic N) is 2. The van der Waals surface area contributed by atoms with Crippen LogP contribution >= 0.6 is 15.9 Å². The van der Waals surface area contributed by atoms with Crippen LogP contribution in [0.5, 0.6) is 5.75 Å². The molecule has 3 rings (SSSR count). The van der Waals surface area contributed by atoms with Gasteiger partial charge in [0.05, 0.1) is 17.8 Å². The number of aromatic nitrogens is 2. The predicted octanol–water partition coefficient (Wildman–Crippen LogP) is 4.30. The van der Waals surface area contributed by atoms with E-state index in [0.717, 1.165) is 5.39 Å². The van der Waals surface area contributed by atoms with E-state index >= 15 is 0 Å². The molecule has 0 fully saturated rings. The zero-order valence-corrected chi connectivity index (χ0v) is 14.5. The Balaban J connectivity index is 1.88. The van der Waals surface area contributed by atoms with Crippen molar-refractivity contribution in [2.45, 2.75) is 0 Å². The van der Waals surface area contributed by atoms with Crippen LogP contribution in [0.1, 0.15) is 0 Å². The fourth-order valence-corrected chi connectivity index (χ4v) is 2.52. The molecule has 0 bridgehead atoms. The van der Waals surface area contributed by atoms with Crippen molar-refractivity contribution < 1.29 is 13.9 Å². The average Bonchev–Trinajstić information content (AvgIpc) is 2.57. The molecule has 3 aromatic rings. The molecule has 0 unspecified atom stereocenters. The highest BCUT2D eigenvalue weighted by Gasteiger charge is 2.09. The van der Waals surface area contributed by atoms with Gasteiger partial charge in [-0.3, -0.25) is 0 Å². The van der Waals surface area contributed by atoms with Gasteiger partial charge in [-0.1, -0.05) is 15.9 Å². The zero-order chi connectivity index (χ0) is 16.9. The third-order valence-corrected chi connectivity index (χ3v) is 3.84. The fourth-order valence-electron chi connectivity index (χ4n) is 2.19. The van der Waals surface area contributed by atoms with Gasteiger partial charge in [0.25, 0.3) is 0 Å². The molecule has 2 aromatic carbocycles. The third kappa shape index (κ3) is 3.80. The van der Waals surface area contributed by atoms with E-state index in [9.17, 15) is 4.39 Å². The van der Waals surface area contributed by atoms with Crippen LogP contribution in [0, 0.1) is 5.82 Å². The van der Waals surface area contributed by atoms with Crippen LogP contribution in [0.2, 0.25) is 0 Å². The molecule has 124 valence electrons. The summed E-state index contributed by atoms with van der Waals surface area (Å²) in [5.74, 6) is 0.861. The van der Waals surface area contributed by atoms with Crippen LogP contribution in [-0.4, -0.2) is 30.3 Å². The molecule has 0 atom stereocenters. The lowest BCUT2D eigenvalue weighted by molar-refractivity contribution is 0.146. The molecule has 1 N–H and O–H groups in total. The molecule has 0 spiro atoms. The highest BCUT2D eigenvalue weighted by Crippen LogP contribution is 2.28. The lowest BCUT2D eigenvalue weighted by Crippen LogP contribution is -2.04. The molecular weight excluding hydrogens is 377 g/mol. The summed E-state index contributed by atoms with van der Waals surface area (Å²) in [6, 6.07) is 10.3. The molecular formula is C17H15BrFN3O2. The molecule has 0 aliphatic rings. The predicted molar refractivity (Wildman–Crippen MR) is 94.3 cm³/mol. The molecule has 0 aliphatic carbocycles. The molecule has 5 nitrogen and oxygen atoms in total. The van der Waals surface area contributed by atoms with E-state index in [-0.39, 0.29) is 5.82 Å².